The summed E-state index contributed by atoms with van der Waals surface area (Å²) in [7, 11) is 0. The van der Waals surface area contributed by atoms with Gasteiger partial charge >= 0.3 is 0 Å². The highest BCUT2D eigenvalue weighted by atomic mass is 15.2. The van der Waals surface area contributed by atoms with Crippen LogP contribution in [0.4, 0.5) is 22.7 Å². The molecule has 2 atom stereocenters. The molecule has 0 aliphatic heterocycles. The molecule has 0 aromatic heterocycles. The molecule has 0 N–H and O–H groups in total. The van der Waals surface area contributed by atoms with Gasteiger partial charge in [-0.2, -0.15) is 0 Å². The van der Waals surface area contributed by atoms with Crippen LogP contribution in [0.5, 0.6) is 0 Å². The standard InChI is InChI=1S/C65H64N2/c1-8-64(7,67(58-37-23-48(5)24-38-58)59-41-31-53(32-42-59)28-26-51-19-15-12-16-20-51)55-34-44-61-60-43-33-54(45-62(60)65(9-2,10-3)63(61)46-55)49(6)66(56-35-21-47(4)22-36-56)57-39-29-52(30-40-57)27-25-50-17-13-11-14-18-50/h11-46,49H,8-10H2,1-7H3/b27-25+,28-26+. The van der Waals surface area contributed by atoms with E-state index in [4.69, 9.17) is 0 Å². The zero-order valence-electron chi connectivity index (χ0n) is 40.4. The van der Waals surface area contributed by atoms with Crippen molar-refractivity contribution in [2.45, 2.75) is 84.7 Å². The minimum Gasteiger partial charge on any atom is -0.334 e. The van der Waals surface area contributed by atoms with Crippen molar-refractivity contribution in [3.8, 4) is 11.1 Å². The van der Waals surface area contributed by atoms with E-state index in [2.05, 4.69) is 277 Å². The highest BCUT2D eigenvalue weighted by Crippen LogP contribution is 2.55. The maximum atomic E-state index is 2.58. The quantitative estimate of drug-likeness (QED) is 0.0947. The molecular formula is C65H64N2. The highest BCUT2D eigenvalue weighted by Gasteiger charge is 2.43. The molecular weight excluding hydrogens is 809 g/mol. The molecule has 1 aliphatic carbocycles. The van der Waals surface area contributed by atoms with E-state index in [1.807, 2.05) is 0 Å². The second-order valence-corrected chi connectivity index (χ2v) is 18.7. The van der Waals surface area contributed by atoms with Crippen molar-refractivity contribution in [1.82, 2.24) is 0 Å². The molecule has 0 heterocycles. The monoisotopic (exact) mass is 873 g/mol. The van der Waals surface area contributed by atoms with Crippen LogP contribution in [0.15, 0.2) is 194 Å². The first kappa shape index (κ1) is 45.0. The Kier molecular flexibility index (Phi) is 13.0. The molecule has 8 aromatic rings. The molecule has 9 rings (SSSR count). The highest BCUT2D eigenvalue weighted by molar-refractivity contribution is 5.83. The molecule has 334 valence electrons. The first-order valence-electron chi connectivity index (χ1n) is 24.3. The summed E-state index contributed by atoms with van der Waals surface area (Å²) in [5.74, 6) is 0. The van der Waals surface area contributed by atoms with Crippen molar-refractivity contribution in [2.75, 3.05) is 9.80 Å². The van der Waals surface area contributed by atoms with Gasteiger partial charge in [-0.25, -0.2) is 0 Å². The molecule has 0 saturated heterocycles. The molecule has 0 fully saturated rings. The topological polar surface area (TPSA) is 6.48 Å². The minimum atomic E-state index is -0.339. The molecule has 8 aromatic carbocycles. The summed E-state index contributed by atoms with van der Waals surface area (Å²) < 4.78 is 0. The Morgan fingerprint density at radius 3 is 1.33 bits per heavy atom. The Morgan fingerprint density at radius 1 is 0.463 bits per heavy atom. The number of nitrogens with zero attached hydrogens (tertiary/aromatic N) is 2. The van der Waals surface area contributed by atoms with Crippen LogP contribution < -0.4 is 9.80 Å². The summed E-state index contributed by atoms with van der Waals surface area (Å²) in [6.45, 7) is 16.3. The van der Waals surface area contributed by atoms with Crippen LogP contribution >= 0.6 is 0 Å². The number of hydrogen-bond donors (Lipinski definition) is 0. The molecule has 0 spiro atoms. The predicted octanol–water partition coefficient (Wildman–Crippen LogP) is 18.1. The summed E-state index contributed by atoms with van der Waals surface area (Å²) in [4.78, 5) is 5.08. The molecule has 2 heteroatoms. The summed E-state index contributed by atoms with van der Waals surface area (Å²) in [6, 6.07) is 72.1. The van der Waals surface area contributed by atoms with Crippen LogP contribution in [-0.4, -0.2) is 0 Å². The fourth-order valence-corrected chi connectivity index (χ4v) is 10.5. The second-order valence-electron chi connectivity index (χ2n) is 18.7. The van der Waals surface area contributed by atoms with Gasteiger partial charge in [-0.05, 0) is 151 Å². The third kappa shape index (κ3) is 8.94. The van der Waals surface area contributed by atoms with E-state index in [9.17, 15) is 0 Å². The molecule has 1 aliphatic rings. The number of aryl methyl sites for hydroxylation is 2. The SMILES string of the molecule is CCC1(CC)c2cc(C(C)N(c3ccc(C)cc3)c3ccc(/C=C/c4ccccc4)cc3)ccc2-c2ccc(C(C)(CC)N(c3ccc(C)cc3)c3ccc(/C=C/c4ccccc4)cc3)cc21. The number of hydrogen-bond acceptors (Lipinski definition) is 2. The van der Waals surface area contributed by atoms with Crippen molar-refractivity contribution < 1.29 is 0 Å². The maximum absolute atomic E-state index is 2.58. The lowest BCUT2D eigenvalue weighted by Crippen LogP contribution is -2.40. The summed E-state index contributed by atoms with van der Waals surface area (Å²) in [5.41, 5.74) is 19.8. The number of fused-ring (bicyclic) bond motifs is 3. The van der Waals surface area contributed by atoms with E-state index < -0.39 is 0 Å². The first-order valence-corrected chi connectivity index (χ1v) is 24.3. The van der Waals surface area contributed by atoms with Gasteiger partial charge < -0.3 is 9.80 Å². The Hall–Kier alpha value is -7.16. The van der Waals surface area contributed by atoms with Gasteiger partial charge in [0.05, 0.1) is 11.6 Å². The van der Waals surface area contributed by atoms with Gasteiger partial charge in [0.2, 0.25) is 0 Å². The zero-order chi connectivity index (χ0) is 46.5. The van der Waals surface area contributed by atoms with E-state index >= 15 is 0 Å². The van der Waals surface area contributed by atoms with Gasteiger partial charge in [0, 0.05) is 28.2 Å². The van der Waals surface area contributed by atoms with E-state index in [0.717, 1.165) is 19.3 Å². The zero-order valence-corrected chi connectivity index (χ0v) is 40.4. The summed E-state index contributed by atoms with van der Waals surface area (Å²) in [6.07, 6.45) is 11.7. The lowest BCUT2D eigenvalue weighted by molar-refractivity contribution is 0.457. The number of rotatable bonds is 15. The maximum Gasteiger partial charge on any atom is 0.0671 e. The van der Waals surface area contributed by atoms with Crippen molar-refractivity contribution >= 4 is 47.1 Å². The van der Waals surface area contributed by atoms with Crippen molar-refractivity contribution in [3.05, 3.63) is 250 Å². The lowest BCUT2D eigenvalue weighted by atomic mass is 9.72. The molecule has 67 heavy (non-hydrogen) atoms. The Morgan fingerprint density at radius 2 is 0.866 bits per heavy atom. The number of anilines is 4. The largest absolute Gasteiger partial charge is 0.334 e. The molecule has 2 unspecified atom stereocenters. The van der Waals surface area contributed by atoms with Crippen LogP contribution in [0.25, 0.3) is 35.4 Å². The number of benzene rings is 8. The average Bonchev–Trinajstić information content (AvgIpc) is 3.66. The van der Waals surface area contributed by atoms with Crippen LogP contribution in [0.2, 0.25) is 0 Å². The Bertz CT molecular complexity index is 2980. The van der Waals surface area contributed by atoms with E-state index in [1.54, 1.807) is 0 Å². The van der Waals surface area contributed by atoms with E-state index in [1.165, 1.54) is 89.5 Å². The predicted molar refractivity (Wildman–Crippen MR) is 290 cm³/mol. The second kappa shape index (κ2) is 19.4. The smallest absolute Gasteiger partial charge is 0.0671 e. The normalized spacial score (nSPS) is 14.1. The summed E-state index contributed by atoms with van der Waals surface area (Å²) >= 11 is 0. The average molecular weight is 873 g/mol. The molecule has 0 amide bonds. The van der Waals surface area contributed by atoms with Gasteiger partial charge in [-0.3, -0.25) is 0 Å². The van der Waals surface area contributed by atoms with Gasteiger partial charge in [-0.15, -0.1) is 0 Å². The van der Waals surface area contributed by atoms with E-state index in [-0.39, 0.29) is 17.0 Å². The van der Waals surface area contributed by atoms with Crippen molar-refractivity contribution in [2.24, 2.45) is 0 Å². The lowest BCUT2D eigenvalue weighted by Gasteiger charge is -2.44. The fourth-order valence-electron chi connectivity index (χ4n) is 10.5. The van der Waals surface area contributed by atoms with Crippen LogP contribution in [0.3, 0.4) is 0 Å². The van der Waals surface area contributed by atoms with E-state index in [0.29, 0.717) is 0 Å². The fraction of sp³-hybridized carbons (Fsp3) is 0.200. The molecule has 0 bridgehead atoms. The van der Waals surface area contributed by atoms with Gasteiger partial charge in [0.25, 0.3) is 0 Å². The third-order valence-corrected chi connectivity index (χ3v) is 14.7. The third-order valence-electron chi connectivity index (χ3n) is 14.7. The van der Waals surface area contributed by atoms with Gasteiger partial charge in [0.1, 0.15) is 0 Å². The van der Waals surface area contributed by atoms with Crippen LogP contribution in [-0.2, 0) is 11.0 Å². The minimum absolute atomic E-state index is 0.0797. The van der Waals surface area contributed by atoms with Crippen LogP contribution in [0.1, 0.15) is 116 Å². The molecule has 2 nitrogen and oxygen atoms in total. The van der Waals surface area contributed by atoms with Crippen LogP contribution in [0, 0.1) is 13.8 Å². The van der Waals surface area contributed by atoms with Crippen molar-refractivity contribution in [1.29, 1.82) is 0 Å². The van der Waals surface area contributed by atoms with Gasteiger partial charge in [-0.1, -0.05) is 202 Å². The molecule has 0 saturated carbocycles. The Labute approximate surface area is 400 Å². The van der Waals surface area contributed by atoms with Crippen molar-refractivity contribution in [3.63, 3.8) is 0 Å². The summed E-state index contributed by atoms with van der Waals surface area (Å²) in [5, 5.41) is 0. The first-order chi connectivity index (χ1) is 32.6. The Balaban J connectivity index is 1.07. The molecule has 0 radical (unpaired) electrons. The van der Waals surface area contributed by atoms with Gasteiger partial charge in [0.15, 0.2) is 0 Å².